The van der Waals surface area contributed by atoms with E-state index < -0.39 is 23.2 Å². The van der Waals surface area contributed by atoms with Crippen LogP contribution in [0, 0.1) is 0 Å². The molecular formula is C26H18Cl2Zr. The molecule has 0 aromatic heterocycles. The van der Waals surface area contributed by atoms with E-state index in [2.05, 4.69) is 84.9 Å². The van der Waals surface area contributed by atoms with Crippen molar-refractivity contribution in [1.29, 1.82) is 0 Å². The minimum absolute atomic E-state index is 0. The number of fused-ring (bicyclic) bond motifs is 6. The molecule has 0 saturated carbocycles. The number of rotatable bonds is 2. The summed E-state index contributed by atoms with van der Waals surface area (Å²) in [5, 5.41) is 5.62. The topological polar surface area (TPSA) is 0 Å². The Bertz CT molecular complexity index is 1200. The number of benzene rings is 4. The fourth-order valence-electron chi connectivity index (χ4n) is 4.61. The Morgan fingerprint density at radius 3 is 1.45 bits per heavy atom. The van der Waals surface area contributed by atoms with Crippen molar-refractivity contribution in [1.82, 2.24) is 0 Å². The molecule has 140 valence electrons. The molecule has 2 aliphatic rings. The summed E-state index contributed by atoms with van der Waals surface area (Å²) < 4.78 is 3.33. The summed E-state index contributed by atoms with van der Waals surface area (Å²) in [6.45, 7) is 0. The molecule has 6 rings (SSSR count). The predicted octanol–water partition coefficient (Wildman–Crippen LogP) is 0.578. The van der Waals surface area contributed by atoms with Crippen molar-refractivity contribution in [3.63, 3.8) is 0 Å². The maximum Gasteiger partial charge on any atom is -1.00 e. The summed E-state index contributed by atoms with van der Waals surface area (Å²) in [5.41, 5.74) is 6.13. The summed E-state index contributed by atoms with van der Waals surface area (Å²) >= 11 is -0.852. The van der Waals surface area contributed by atoms with Gasteiger partial charge in [-0.2, -0.15) is 0 Å². The van der Waals surface area contributed by atoms with Gasteiger partial charge in [0.25, 0.3) is 0 Å². The predicted molar refractivity (Wildman–Crippen MR) is 111 cm³/mol. The molecule has 0 saturated heterocycles. The van der Waals surface area contributed by atoms with Crippen molar-refractivity contribution in [3.8, 4) is 0 Å². The summed E-state index contributed by atoms with van der Waals surface area (Å²) in [5.74, 6) is 0. The van der Waals surface area contributed by atoms with E-state index in [4.69, 9.17) is 0 Å². The molecule has 0 radical (unpaired) electrons. The standard InChI is InChI=1S/2C13H9.2ClH.Zr/c2*1-2-6-12-10(4-1)8-9-11-5-3-7-13(11)12;;;/h2*1-4,6,8-9H,5H2;2*1H;/q;;;;+2/p-2. The maximum absolute atomic E-state index is 2.52. The molecule has 4 aromatic carbocycles. The zero-order chi connectivity index (χ0) is 17.8. The Labute approximate surface area is 195 Å². The van der Waals surface area contributed by atoms with E-state index in [1.54, 1.807) is 17.7 Å². The van der Waals surface area contributed by atoms with Gasteiger partial charge >= 0.3 is 171 Å². The van der Waals surface area contributed by atoms with E-state index >= 15 is 0 Å². The van der Waals surface area contributed by atoms with Gasteiger partial charge in [-0.25, -0.2) is 0 Å². The largest absolute Gasteiger partial charge is 1.00 e. The smallest absolute Gasteiger partial charge is 1.00 e. The molecule has 0 amide bonds. The second kappa shape index (κ2) is 8.23. The van der Waals surface area contributed by atoms with Gasteiger partial charge in [-0.15, -0.1) is 0 Å². The Balaban J connectivity index is 0.00000102. The first-order valence-electron chi connectivity index (χ1n) is 9.58. The summed E-state index contributed by atoms with van der Waals surface area (Å²) in [6.07, 6.45) is 7.25. The van der Waals surface area contributed by atoms with Crippen LogP contribution in [0.15, 0.2) is 84.9 Å². The molecule has 0 nitrogen and oxygen atoms in total. The maximum atomic E-state index is 2.52. The third-order valence-corrected chi connectivity index (χ3v) is 9.45. The molecule has 3 heteroatoms. The van der Waals surface area contributed by atoms with Crippen LogP contribution in [0.3, 0.4) is 0 Å². The second-order valence-electron chi connectivity index (χ2n) is 7.41. The van der Waals surface area contributed by atoms with Crippen LogP contribution in [-0.4, -0.2) is 0 Å². The van der Waals surface area contributed by atoms with E-state index in [0.29, 0.717) is 0 Å². The Morgan fingerprint density at radius 2 is 0.966 bits per heavy atom. The van der Waals surface area contributed by atoms with Crippen molar-refractivity contribution >= 4 is 28.1 Å². The summed E-state index contributed by atoms with van der Waals surface area (Å²) in [7, 11) is 0. The Hall–Kier alpha value is -1.66. The van der Waals surface area contributed by atoms with Crippen LogP contribution in [0.2, 0.25) is 0 Å². The van der Waals surface area contributed by atoms with Gasteiger partial charge in [-0.1, -0.05) is 0 Å². The van der Waals surface area contributed by atoms with Crippen LogP contribution in [0.4, 0.5) is 0 Å². The number of halogens is 2. The van der Waals surface area contributed by atoms with Crippen molar-refractivity contribution < 1.29 is 48.0 Å². The number of hydrogen-bond donors (Lipinski definition) is 0. The molecule has 0 unspecified atom stereocenters. The van der Waals surface area contributed by atoms with E-state index in [-0.39, 0.29) is 24.8 Å². The van der Waals surface area contributed by atoms with E-state index in [9.17, 15) is 0 Å². The van der Waals surface area contributed by atoms with Gasteiger partial charge in [0.1, 0.15) is 0 Å². The van der Waals surface area contributed by atoms with Gasteiger partial charge < -0.3 is 24.8 Å². The van der Waals surface area contributed by atoms with Crippen molar-refractivity contribution in [3.05, 3.63) is 107 Å². The van der Waals surface area contributed by atoms with Crippen LogP contribution in [0.5, 0.6) is 0 Å². The first-order valence-corrected chi connectivity index (χ1v) is 12.0. The quantitative estimate of drug-likeness (QED) is 0.384. The molecule has 0 fully saturated rings. The van der Waals surface area contributed by atoms with E-state index in [0.717, 1.165) is 12.8 Å². The fraction of sp³-hybridized carbons (Fsp3) is 0.0769. The van der Waals surface area contributed by atoms with Crippen LogP contribution < -0.4 is 24.8 Å². The van der Waals surface area contributed by atoms with Crippen molar-refractivity contribution in [2.75, 3.05) is 0 Å². The second-order valence-corrected chi connectivity index (χ2v) is 10.7. The third-order valence-electron chi connectivity index (χ3n) is 5.89. The monoisotopic (exact) mass is 490 g/mol. The first-order chi connectivity index (χ1) is 13.4. The van der Waals surface area contributed by atoms with E-state index in [1.165, 1.54) is 32.7 Å². The molecule has 0 aliphatic heterocycles. The minimum Gasteiger partial charge on any atom is -1.00 e. The zero-order valence-electron chi connectivity index (χ0n) is 15.8. The summed E-state index contributed by atoms with van der Waals surface area (Å²) in [4.78, 5) is 0. The van der Waals surface area contributed by atoms with Gasteiger partial charge in [0.2, 0.25) is 0 Å². The third kappa shape index (κ3) is 3.34. The molecule has 0 heterocycles. The van der Waals surface area contributed by atoms with Crippen LogP contribution in [0.1, 0.15) is 22.3 Å². The molecule has 0 atom stereocenters. The number of allylic oxidation sites excluding steroid dienone is 2. The minimum atomic E-state index is -0.852. The van der Waals surface area contributed by atoms with Gasteiger partial charge in [0, 0.05) is 0 Å². The summed E-state index contributed by atoms with van der Waals surface area (Å²) in [6, 6.07) is 27.0. The molecule has 29 heavy (non-hydrogen) atoms. The zero-order valence-corrected chi connectivity index (χ0v) is 19.7. The molecule has 4 aromatic rings. The average molecular weight is 493 g/mol. The normalized spacial score (nSPS) is 13.7. The first kappa shape index (κ1) is 20.6. The molecule has 2 aliphatic carbocycles. The van der Waals surface area contributed by atoms with Gasteiger partial charge in [-0.3, -0.25) is 0 Å². The van der Waals surface area contributed by atoms with Gasteiger partial charge in [0.15, 0.2) is 0 Å². The molecule has 0 spiro atoms. The van der Waals surface area contributed by atoms with E-state index in [1.807, 2.05) is 0 Å². The van der Waals surface area contributed by atoms with Gasteiger partial charge in [-0.05, 0) is 0 Å². The van der Waals surface area contributed by atoms with Crippen molar-refractivity contribution in [2.45, 2.75) is 12.8 Å². The molecule has 0 N–H and O–H groups in total. The fourth-order valence-corrected chi connectivity index (χ4v) is 8.39. The van der Waals surface area contributed by atoms with Crippen LogP contribution in [-0.2, 0) is 36.1 Å². The Kier molecular flexibility index (Phi) is 5.85. The van der Waals surface area contributed by atoms with Crippen LogP contribution >= 0.6 is 0 Å². The average Bonchev–Trinajstić information content (AvgIpc) is 3.33. The Morgan fingerprint density at radius 1 is 0.517 bits per heavy atom. The number of hydrogen-bond acceptors (Lipinski definition) is 0. The van der Waals surface area contributed by atoms with Crippen LogP contribution in [0.25, 0.3) is 28.1 Å². The van der Waals surface area contributed by atoms with Crippen molar-refractivity contribution in [2.24, 2.45) is 0 Å². The SMILES string of the molecule is C1=[C]([Zr+2][C]2=CCc3ccc4ccccc4c32)c2c(ccc3ccccc23)C1.[Cl-].[Cl-]. The molecule has 0 bridgehead atoms. The molecular weight excluding hydrogens is 474 g/mol. The van der Waals surface area contributed by atoms with Gasteiger partial charge in [0.05, 0.1) is 0 Å².